The van der Waals surface area contributed by atoms with Gasteiger partial charge in [0, 0.05) is 0 Å². The molecule has 1 radical (unpaired) electrons. The molecule has 0 saturated heterocycles. The van der Waals surface area contributed by atoms with Crippen LogP contribution in [0.4, 0.5) is 0 Å². The van der Waals surface area contributed by atoms with Crippen LogP contribution in [0, 0.1) is 12.8 Å². The predicted molar refractivity (Wildman–Crippen MR) is 219 cm³/mol. The van der Waals surface area contributed by atoms with Crippen LogP contribution in [-0.2, 0) is 0 Å². The fourth-order valence-electron chi connectivity index (χ4n) is 7.89. The van der Waals surface area contributed by atoms with Crippen LogP contribution in [0.15, 0.2) is 0 Å². The number of unbranched alkanes of at least 4 members (excludes halogenated alkanes) is 37. The van der Waals surface area contributed by atoms with Crippen molar-refractivity contribution in [2.75, 3.05) is 0 Å². The summed E-state index contributed by atoms with van der Waals surface area (Å²) < 4.78 is 0. The lowest BCUT2D eigenvalue weighted by Crippen LogP contribution is -2.01. The molecule has 0 amide bonds. The van der Waals surface area contributed by atoms with Gasteiger partial charge in [-0.05, 0) is 5.92 Å². The summed E-state index contributed by atoms with van der Waals surface area (Å²) in [6.07, 6.45) is 63.1. The Morgan fingerprint density at radius 2 is 0.404 bits per heavy atom. The highest BCUT2D eigenvalue weighted by atomic mass is 14.1. The quantitative estimate of drug-likeness (QED) is 0.0571. The van der Waals surface area contributed by atoms with Crippen LogP contribution in [-0.4, -0.2) is 0 Å². The SMILES string of the molecule is [CH2]CCCCC(CCCCCCCCCCCCCCCCCCC)CCCCCCCCCCCCCCCCCCCCCC. The van der Waals surface area contributed by atoms with Crippen LogP contribution in [0.1, 0.15) is 290 Å². The minimum atomic E-state index is 1.01. The van der Waals surface area contributed by atoms with E-state index in [1.807, 2.05) is 0 Å². The van der Waals surface area contributed by atoms with E-state index < -0.39 is 0 Å². The summed E-state index contributed by atoms with van der Waals surface area (Å²) in [5.74, 6) is 1.01. The van der Waals surface area contributed by atoms with Gasteiger partial charge in [0.2, 0.25) is 0 Å². The molecular weight excluding hydrogens is 565 g/mol. The van der Waals surface area contributed by atoms with E-state index in [2.05, 4.69) is 20.8 Å². The molecule has 1 unspecified atom stereocenters. The second-order valence-corrected chi connectivity index (χ2v) is 16.2. The van der Waals surface area contributed by atoms with Gasteiger partial charge in [-0.1, -0.05) is 297 Å². The number of hydrogen-bond acceptors (Lipinski definition) is 0. The Labute approximate surface area is 302 Å². The predicted octanol–water partition coefficient (Wildman–Crippen LogP) is 18.3. The van der Waals surface area contributed by atoms with E-state index in [0.717, 1.165) is 12.3 Å². The maximum absolute atomic E-state index is 4.09. The van der Waals surface area contributed by atoms with Gasteiger partial charge in [0.1, 0.15) is 0 Å². The molecule has 0 heterocycles. The zero-order valence-corrected chi connectivity index (χ0v) is 33.7. The van der Waals surface area contributed by atoms with E-state index in [1.54, 1.807) is 0 Å². The molecule has 0 aromatic rings. The monoisotopic (exact) mass is 660 g/mol. The highest BCUT2D eigenvalue weighted by Crippen LogP contribution is 2.25. The number of hydrogen-bond donors (Lipinski definition) is 0. The molecule has 0 heteroatoms. The van der Waals surface area contributed by atoms with Gasteiger partial charge in [-0.2, -0.15) is 0 Å². The molecule has 0 aromatic carbocycles. The lowest BCUT2D eigenvalue weighted by Gasteiger charge is -2.17. The van der Waals surface area contributed by atoms with E-state index in [-0.39, 0.29) is 0 Å². The Kier molecular flexibility index (Phi) is 44.0. The fourth-order valence-corrected chi connectivity index (χ4v) is 7.89. The van der Waals surface area contributed by atoms with Crippen LogP contribution >= 0.6 is 0 Å². The summed E-state index contributed by atoms with van der Waals surface area (Å²) in [5.41, 5.74) is 0. The second-order valence-electron chi connectivity index (χ2n) is 16.2. The molecule has 0 aromatic heterocycles. The standard InChI is InChI=1S/C47H95/c1-4-7-10-12-14-16-18-20-22-24-25-26-28-30-32-34-36-38-40-43-46-47(44-41-9-6-3)45-42-39-37-35-33-31-29-27-23-21-19-17-15-13-11-8-5-2/h47H,3-46H2,1-2H3. The zero-order valence-electron chi connectivity index (χ0n) is 33.7. The maximum Gasteiger partial charge on any atom is -0.0414 e. The molecule has 0 bridgehead atoms. The third-order valence-corrected chi connectivity index (χ3v) is 11.3. The van der Waals surface area contributed by atoms with Gasteiger partial charge in [0.05, 0.1) is 0 Å². The summed E-state index contributed by atoms with van der Waals surface area (Å²) in [5, 5.41) is 0. The smallest absolute Gasteiger partial charge is 0.0414 e. The molecule has 1 atom stereocenters. The molecule has 0 spiro atoms. The summed E-state index contributed by atoms with van der Waals surface area (Å²) >= 11 is 0. The van der Waals surface area contributed by atoms with Crippen LogP contribution < -0.4 is 0 Å². The molecule has 0 fully saturated rings. The molecule has 47 heavy (non-hydrogen) atoms. The van der Waals surface area contributed by atoms with Gasteiger partial charge < -0.3 is 0 Å². The Balaban J connectivity index is 3.49. The first kappa shape index (κ1) is 47.0. The number of rotatable bonds is 43. The average molecular weight is 660 g/mol. The van der Waals surface area contributed by atoms with Gasteiger partial charge in [-0.25, -0.2) is 0 Å². The fraction of sp³-hybridized carbons (Fsp3) is 0.979. The van der Waals surface area contributed by atoms with Gasteiger partial charge >= 0.3 is 0 Å². The lowest BCUT2D eigenvalue weighted by atomic mass is 9.89. The minimum absolute atomic E-state index is 1.01. The van der Waals surface area contributed by atoms with E-state index >= 15 is 0 Å². The van der Waals surface area contributed by atoms with E-state index in [9.17, 15) is 0 Å². The van der Waals surface area contributed by atoms with Crippen molar-refractivity contribution in [1.29, 1.82) is 0 Å². The molecule has 0 aliphatic heterocycles. The highest BCUT2D eigenvalue weighted by molar-refractivity contribution is 4.62. The summed E-state index contributed by atoms with van der Waals surface area (Å²) in [6, 6.07) is 0. The summed E-state index contributed by atoms with van der Waals surface area (Å²) in [7, 11) is 0. The Bertz CT molecular complexity index is 508. The first-order valence-corrected chi connectivity index (χ1v) is 23.1. The van der Waals surface area contributed by atoms with Gasteiger partial charge in [0.25, 0.3) is 0 Å². The molecular formula is C47H95. The normalized spacial score (nSPS) is 12.3. The maximum atomic E-state index is 4.09. The van der Waals surface area contributed by atoms with Crippen LogP contribution in [0.3, 0.4) is 0 Å². The van der Waals surface area contributed by atoms with E-state index in [4.69, 9.17) is 0 Å². The third-order valence-electron chi connectivity index (χ3n) is 11.3. The van der Waals surface area contributed by atoms with Crippen molar-refractivity contribution in [1.82, 2.24) is 0 Å². The first-order chi connectivity index (χ1) is 23.3. The molecule has 0 saturated carbocycles. The van der Waals surface area contributed by atoms with Gasteiger partial charge in [-0.3, -0.25) is 0 Å². The van der Waals surface area contributed by atoms with Crippen molar-refractivity contribution in [2.24, 2.45) is 5.92 Å². The lowest BCUT2D eigenvalue weighted by molar-refractivity contribution is 0.368. The largest absolute Gasteiger partial charge is 0.0654 e. The van der Waals surface area contributed by atoms with Crippen LogP contribution in [0.25, 0.3) is 0 Å². The Morgan fingerprint density at radius 1 is 0.234 bits per heavy atom. The molecule has 0 rings (SSSR count). The minimum Gasteiger partial charge on any atom is -0.0654 e. The molecule has 0 N–H and O–H groups in total. The van der Waals surface area contributed by atoms with Crippen LogP contribution in [0.2, 0.25) is 0 Å². The van der Waals surface area contributed by atoms with Crippen molar-refractivity contribution >= 4 is 0 Å². The van der Waals surface area contributed by atoms with E-state index in [0.29, 0.717) is 0 Å². The second kappa shape index (κ2) is 44.0. The highest BCUT2D eigenvalue weighted by Gasteiger charge is 2.08. The van der Waals surface area contributed by atoms with Crippen molar-refractivity contribution in [3.05, 3.63) is 6.92 Å². The Morgan fingerprint density at radius 3 is 0.596 bits per heavy atom. The summed E-state index contributed by atoms with van der Waals surface area (Å²) in [4.78, 5) is 0. The molecule has 0 aliphatic carbocycles. The third kappa shape index (κ3) is 42.1. The Hall–Kier alpha value is 0. The van der Waals surface area contributed by atoms with Crippen LogP contribution in [0.5, 0.6) is 0 Å². The van der Waals surface area contributed by atoms with Gasteiger partial charge in [-0.15, -0.1) is 0 Å². The van der Waals surface area contributed by atoms with E-state index in [1.165, 1.54) is 270 Å². The first-order valence-electron chi connectivity index (χ1n) is 23.1. The summed E-state index contributed by atoms with van der Waals surface area (Å²) in [6.45, 7) is 8.72. The van der Waals surface area contributed by atoms with Crippen molar-refractivity contribution in [3.8, 4) is 0 Å². The van der Waals surface area contributed by atoms with Crippen molar-refractivity contribution in [2.45, 2.75) is 290 Å². The zero-order chi connectivity index (χ0) is 34.0. The van der Waals surface area contributed by atoms with Gasteiger partial charge in [0.15, 0.2) is 0 Å². The molecule has 0 aliphatic rings. The molecule has 283 valence electrons. The average Bonchev–Trinajstić information content (AvgIpc) is 3.08. The van der Waals surface area contributed by atoms with Crippen molar-refractivity contribution < 1.29 is 0 Å². The van der Waals surface area contributed by atoms with Crippen molar-refractivity contribution in [3.63, 3.8) is 0 Å². The topological polar surface area (TPSA) is 0 Å². The molecule has 0 nitrogen and oxygen atoms in total.